The number of hydrogen-bond acceptors (Lipinski definition) is 5. The van der Waals surface area contributed by atoms with Gasteiger partial charge >= 0.3 is 5.97 Å². The second-order valence-corrected chi connectivity index (χ2v) is 7.71. The maximum Gasteiger partial charge on any atom is 0.343 e. The maximum absolute atomic E-state index is 12.8. The number of carbonyl (C=O) groups is 3. The van der Waals surface area contributed by atoms with Crippen LogP contribution in [0, 0.1) is 13.8 Å². The molecule has 7 heteroatoms. The monoisotopic (exact) mass is 446 g/mol. The molecule has 0 radical (unpaired) electrons. The van der Waals surface area contributed by atoms with Crippen molar-refractivity contribution < 1.29 is 19.1 Å². The molecule has 3 aromatic carbocycles. The molecular formula is C25H19ClN2O4. The molecule has 0 aromatic heterocycles. The first-order chi connectivity index (χ1) is 15.3. The third-order valence-corrected chi connectivity index (χ3v) is 5.32. The highest BCUT2D eigenvalue weighted by Crippen LogP contribution is 2.30. The molecule has 1 N–H and O–H groups in total. The molecule has 0 unspecified atom stereocenters. The molecule has 6 nitrogen and oxygen atoms in total. The fourth-order valence-corrected chi connectivity index (χ4v) is 3.54. The Morgan fingerprint density at radius 3 is 2.25 bits per heavy atom. The molecule has 1 aliphatic rings. The molecule has 0 atom stereocenters. The van der Waals surface area contributed by atoms with Gasteiger partial charge in [-0.05, 0) is 61.9 Å². The summed E-state index contributed by atoms with van der Waals surface area (Å²) in [6.45, 7) is 3.84. The second-order valence-electron chi connectivity index (χ2n) is 7.33. The van der Waals surface area contributed by atoms with E-state index in [1.165, 1.54) is 0 Å². The molecule has 0 fully saturated rings. The predicted molar refractivity (Wildman–Crippen MR) is 123 cm³/mol. The first kappa shape index (κ1) is 21.3. The summed E-state index contributed by atoms with van der Waals surface area (Å²) in [5.74, 6) is -1.15. The van der Waals surface area contributed by atoms with Gasteiger partial charge in [0.25, 0.3) is 11.8 Å². The summed E-state index contributed by atoms with van der Waals surface area (Å²) in [7, 11) is 0. The average Bonchev–Trinajstić information content (AvgIpc) is 3.00. The number of nitrogens with one attached hydrogen (secondary N) is 1. The van der Waals surface area contributed by atoms with E-state index in [0.717, 1.165) is 16.0 Å². The van der Waals surface area contributed by atoms with Crippen LogP contribution in [-0.2, 0) is 9.59 Å². The van der Waals surface area contributed by atoms with Gasteiger partial charge < -0.3 is 10.1 Å². The molecule has 32 heavy (non-hydrogen) atoms. The van der Waals surface area contributed by atoms with E-state index in [4.69, 9.17) is 16.3 Å². The van der Waals surface area contributed by atoms with Crippen molar-refractivity contribution in [1.82, 2.24) is 0 Å². The van der Waals surface area contributed by atoms with Crippen molar-refractivity contribution >= 4 is 40.8 Å². The summed E-state index contributed by atoms with van der Waals surface area (Å²) in [4.78, 5) is 38.8. The molecule has 3 aromatic rings. The fourth-order valence-electron chi connectivity index (χ4n) is 3.33. The predicted octanol–water partition coefficient (Wildman–Crippen LogP) is 4.96. The van der Waals surface area contributed by atoms with Gasteiger partial charge in [0, 0.05) is 5.69 Å². The highest BCUT2D eigenvalue weighted by molar-refractivity contribution is 6.53. The van der Waals surface area contributed by atoms with Gasteiger partial charge in [0.05, 0.1) is 11.3 Å². The number of carbonyl (C=O) groups excluding carboxylic acids is 3. The van der Waals surface area contributed by atoms with Gasteiger partial charge in [0.15, 0.2) is 0 Å². The lowest BCUT2D eigenvalue weighted by Gasteiger charge is -2.15. The summed E-state index contributed by atoms with van der Waals surface area (Å²) < 4.78 is 5.48. The number of nitrogens with zero attached hydrogens (tertiary/aromatic N) is 1. The maximum atomic E-state index is 12.8. The Kier molecular flexibility index (Phi) is 5.79. The van der Waals surface area contributed by atoms with Gasteiger partial charge in [0.2, 0.25) is 0 Å². The van der Waals surface area contributed by atoms with Crippen LogP contribution in [0.15, 0.2) is 83.5 Å². The first-order valence-corrected chi connectivity index (χ1v) is 10.2. The van der Waals surface area contributed by atoms with Gasteiger partial charge in [-0.2, -0.15) is 0 Å². The zero-order valence-corrected chi connectivity index (χ0v) is 18.1. The van der Waals surface area contributed by atoms with Gasteiger partial charge in [0.1, 0.15) is 16.5 Å². The van der Waals surface area contributed by atoms with E-state index in [2.05, 4.69) is 5.32 Å². The van der Waals surface area contributed by atoms with E-state index in [1.54, 1.807) is 60.7 Å². The van der Waals surface area contributed by atoms with Crippen LogP contribution in [0.1, 0.15) is 21.5 Å². The standard InChI is InChI=1S/C25H19ClN2O4/c1-15-8-13-20(16(2)14-15)32-25(31)17-9-11-18(12-10-17)27-22-21(26)23(29)28(24(22)30)19-6-4-3-5-7-19/h3-14,27H,1-2H3. The summed E-state index contributed by atoms with van der Waals surface area (Å²) in [6.07, 6.45) is 0. The fraction of sp³-hybridized carbons (Fsp3) is 0.0800. The van der Waals surface area contributed by atoms with Crippen LogP contribution in [-0.4, -0.2) is 17.8 Å². The number of aryl methyl sites for hydroxylation is 2. The van der Waals surface area contributed by atoms with E-state index in [0.29, 0.717) is 22.7 Å². The number of halogens is 1. The van der Waals surface area contributed by atoms with Crippen LogP contribution in [0.3, 0.4) is 0 Å². The Hall–Kier alpha value is -3.90. The van der Waals surface area contributed by atoms with Crippen molar-refractivity contribution in [1.29, 1.82) is 0 Å². The molecule has 2 amide bonds. The van der Waals surface area contributed by atoms with Crippen LogP contribution in [0.2, 0.25) is 0 Å². The number of esters is 1. The molecular weight excluding hydrogens is 428 g/mol. The summed E-state index contributed by atoms with van der Waals surface area (Å²) in [5, 5.41) is 2.69. The molecule has 0 saturated carbocycles. The lowest BCUT2D eigenvalue weighted by Crippen LogP contribution is -2.32. The van der Waals surface area contributed by atoms with Crippen LogP contribution < -0.4 is 15.0 Å². The van der Waals surface area contributed by atoms with Gasteiger partial charge in [-0.15, -0.1) is 0 Å². The van der Waals surface area contributed by atoms with Crippen molar-refractivity contribution in [2.24, 2.45) is 0 Å². The third-order valence-electron chi connectivity index (χ3n) is 4.96. The highest BCUT2D eigenvalue weighted by Gasteiger charge is 2.38. The van der Waals surface area contributed by atoms with Crippen molar-refractivity contribution in [3.8, 4) is 5.75 Å². The number of amides is 2. The molecule has 0 saturated heterocycles. The molecule has 0 spiro atoms. The first-order valence-electron chi connectivity index (χ1n) is 9.85. The number of para-hydroxylation sites is 1. The lowest BCUT2D eigenvalue weighted by atomic mass is 10.1. The summed E-state index contributed by atoms with van der Waals surface area (Å²) >= 11 is 6.15. The van der Waals surface area contributed by atoms with E-state index in [1.807, 2.05) is 26.0 Å². The molecule has 1 heterocycles. The molecule has 1 aliphatic heterocycles. The van der Waals surface area contributed by atoms with E-state index >= 15 is 0 Å². The second kappa shape index (κ2) is 8.69. The minimum Gasteiger partial charge on any atom is -0.423 e. The Balaban J connectivity index is 1.48. The van der Waals surface area contributed by atoms with Crippen molar-refractivity contribution in [3.05, 3.63) is 100 Å². The normalized spacial score (nSPS) is 13.5. The Labute approximate surface area is 190 Å². The van der Waals surface area contributed by atoms with Crippen molar-refractivity contribution in [3.63, 3.8) is 0 Å². The highest BCUT2D eigenvalue weighted by atomic mass is 35.5. The van der Waals surface area contributed by atoms with Gasteiger partial charge in [-0.3, -0.25) is 9.59 Å². The van der Waals surface area contributed by atoms with Crippen molar-refractivity contribution in [2.75, 3.05) is 10.2 Å². The SMILES string of the molecule is Cc1ccc(OC(=O)c2ccc(NC3=C(Cl)C(=O)N(c4ccccc4)C3=O)cc2)c(C)c1. The Morgan fingerprint density at radius 2 is 1.59 bits per heavy atom. The minimum absolute atomic E-state index is 0.0221. The van der Waals surface area contributed by atoms with E-state index < -0.39 is 17.8 Å². The van der Waals surface area contributed by atoms with Crippen LogP contribution in [0.25, 0.3) is 0 Å². The molecule has 0 aliphatic carbocycles. The third kappa shape index (κ3) is 4.13. The van der Waals surface area contributed by atoms with Crippen molar-refractivity contribution in [2.45, 2.75) is 13.8 Å². The topological polar surface area (TPSA) is 75.7 Å². The Bertz CT molecular complexity index is 1250. The average molecular weight is 447 g/mol. The quantitative estimate of drug-likeness (QED) is 0.340. The molecule has 0 bridgehead atoms. The van der Waals surface area contributed by atoms with Crippen LogP contribution >= 0.6 is 11.6 Å². The van der Waals surface area contributed by atoms with E-state index in [9.17, 15) is 14.4 Å². The van der Waals surface area contributed by atoms with Crippen LogP contribution in [0.5, 0.6) is 5.75 Å². The largest absolute Gasteiger partial charge is 0.423 e. The van der Waals surface area contributed by atoms with Gasteiger partial charge in [-0.25, -0.2) is 9.69 Å². The number of ether oxygens (including phenoxy) is 1. The van der Waals surface area contributed by atoms with Gasteiger partial charge in [-0.1, -0.05) is 47.5 Å². The summed E-state index contributed by atoms with van der Waals surface area (Å²) in [5.41, 5.74) is 3.20. The zero-order chi connectivity index (χ0) is 22.8. The molecule has 160 valence electrons. The Morgan fingerprint density at radius 1 is 0.906 bits per heavy atom. The summed E-state index contributed by atoms with van der Waals surface area (Å²) in [6, 6.07) is 20.5. The number of rotatable bonds is 5. The number of imide groups is 1. The van der Waals surface area contributed by atoms with E-state index in [-0.39, 0.29) is 10.7 Å². The lowest BCUT2D eigenvalue weighted by molar-refractivity contribution is -0.120. The number of anilines is 2. The smallest absolute Gasteiger partial charge is 0.343 e. The number of hydrogen-bond donors (Lipinski definition) is 1. The number of benzene rings is 3. The molecule has 4 rings (SSSR count). The van der Waals surface area contributed by atoms with Crippen LogP contribution in [0.4, 0.5) is 11.4 Å². The minimum atomic E-state index is -0.598. The zero-order valence-electron chi connectivity index (χ0n) is 17.4.